The van der Waals surface area contributed by atoms with Gasteiger partial charge in [-0.2, -0.15) is 0 Å². The summed E-state index contributed by atoms with van der Waals surface area (Å²) >= 11 is 0. The van der Waals surface area contributed by atoms with Gasteiger partial charge in [0.1, 0.15) is 0 Å². The van der Waals surface area contributed by atoms with Crippen molar-refractivity contribution in [3.05, 3.63) is 53.1 Å². The average molecular weight is 156 g/mol. The number of rotatable bonds is 0. The van der Waals surface area contributed by atoms with Crippen LogP contribution in [0.15, 0.2) is 36.4 Å². The first-order valence-corrected chi connectivity index (χ1v) is 4.29. The Labute approximate surface area is 73.2 Å². The SMILES string of the molecule is Cc1ccc2c(c1)C=CC=CC2. The molecule has 0 heteroatoms. The first-order chi connectivity index (χ1) is 5.86. The minimum absolute atomic E-state index is 1.06. The molecule has 0 saturated carbocycles. The molecular formula is C12H12. The van der Waals surface area contributed by atoms with Gasteiger partial charge in [0, 0.05) is 0 Å². The highest BCUT2D eigenvalue weighted by atomic mass is 14.0. The number of benzene rings is 1. The summed E-state index contributed by atoms with van der Waals surface area (Å²) in [6.45, 7) is 2.13. The molecule has 0 spiro atoms. The van der Waals surface area contributed by atoms with Gasteiger partial charge in [0.25, 0.3) is 0 Å². The molecule has 0 nitrogen and oxygen atoms in total. The Morgan fingerprint density at radius 3 is 3.00 bits per heavy atom. The summed E-state index contributed by atoms with van der Waals surface area (Å²) < 4.78 is 0. The fourth-order valence-corrected chi connectivity index (χ4v) is 1.49. The molecule has 1 aromatic rings. The Kier molecular flexibility index (Phi) is 1.83. The lowest BCUT2D eigenvalue weighted by atomic mass is 10.0. The average Bonchev–Trinajstić information content (AvgIpc) is 2.28. The Morgan fingerprint density at radius 1 is 1.17 bits per heavy atom. The molecule has 0 radical (unpaired) electrons. The Morgan fingerprint density at radius 2 is 2.08 bits per heavy atom. The number of fused-ring (bicyclic) bond motifs is 1. The van der Waals surface area contributed by atoms with Crippen LogP contribution in [0.1, 0.15) is 16.7 Å². The maximum absolute atomic E-state index is 2.23. The maximum Gasteiger partial charge on any atom is -0.00884 e. The highest BCUT2D eigenvalue weighted by Crippen LogP contribution is 2.16. The molecule has 1 aliphatic carbocycles. The van der Waals surface area contributed by atoms with Crippen molar-refractivity contribution in [2.24, 2.45) is 0 Å². The summed E-state index contributed by atoms with van der Waals surface area (Å²) in [5.74, 6) is 0. The van der Waals surface area contributed by atoms with Crippen LogP contribution in [0.3, 0.4) is 0 Å². The molecule has 0 saturated heterocycles. The second kappa shape index (κ2) is 2.98. The van der Waals surface area contributed by atoms with E-state index < -0.39 is 0 Å². The molecule has 2 rings (SSSR count). The summed E-state index contributed by atoms with van der Waals surface area (Å²) in [7, 11) is 0. The molecule has 0 atom stereocenters. The lowest BCUT2D eigenvalue weighted by Gasteiger charge is -2.02. The quantitative estimate of drug-likeness (QED) is 0.541. The first kappa shape index (κ1) is 7.35. The van der Waals surface area contributed by atoms with Crippen molar-refractivity contribution in [2.75, 3.05) is 0 Å². The summed E-state index contributed by atoms with van der Waals surface area (Å²) in [5.41, 5.74) is 4.12. The van der Waals surface area contributed by atoms with E-state index in [4.69, 9.17) is 0 Å². The van der Waals surface area contributed by atoms with Crippen LogP contribution in [0.5, 0.6) is 0 Å². The Hall–Kier alpha value is -1.30. The fourth-order valence-electron chi connectivity index (χ4n) is 1.49. The molecule has 0 bridgehead atoms. The molecule has 1 aliphatic rings. The third-order valence-electron chi connectivity index (χ3n) is 2.16. The van der Waals surface area contributed by atoms with E-state index in [1.165, 1.54) is 16.7 Å². The van der Waals surface area contributed by atoms with Crippen molar-refractivity contribution in [2.45, 2.75) is 13.3 Å². The highest BCUT2D eigenvalue weighted by Gasteiger charge is 1.99. The van der Waals surface area contributed by atoms with Crippen molar-refractivity contribution in [3.63, 3.8) is 0 Å². The summed E-state index contributed by atoms with van der Waals surface area (Å²) in [4.78, 5) is 0. The highest BCUT2D eigenvalue weighted by molar-refractivity contribution is 5.58. The Bertz CT molecular complexity index is 343. The largest absolute Gasteiger partial charge is 0.0801 e. The van der Waals surface area contributed by atoms with Gasteiger partial charge in [0.2, 0.25) is 0 Å². The van der Waals surface area contributed by atoms with E-state index >= 15 is 0 Å². The van der Waals surface area contributed by atoms with E-state index in [-0.39, 0.29) is 0 Å². The van der Waals surface area contributed by atoms with E-state index in [1.54, 1.807) is 0 Å². The van der Waals surface area contributed by atoms with Gasteiger partial charge in [-0.25, -0.2) is 0 Å². The standard InChI is InChI=1S/C12H12/c1-10-7-8-11-5-3-2-4-6-12(11)9-10/h2-4,6-9H,5H2,1H3. The van der Waals surface area contributed by atoms with Crippen LogP contribution in [0.4, 0.5) is 0 Å². The van der Waals surface area contributed by atoms with Gasteiger partial charge >= 0.3 is 0 Å². The molecule has 0 N–H and O–H groups in total. The van der Waals surface area contributed by atoms with Crippen LogP contribution >= 0.6 is 0 Å². The van der Waals surface area contributed by atoms with Gasteiger partial charge in [-0.15, -0.1) is 0 Å². The van der Waals surface area contributed by atoms with Gasteiger partial charge in [-0.3, -0.25) is 0 Å². The van der Waals surface area contributed by atoms with Crippen LogP contribution in [0, 0.1) is 6.92 Å². The number of hydrogen-bond acceptors (Lipinski definition) is 0. The molecular weight excluding hydrogens is 144 g/mol. The zero-order valence-electron chi connectivity index (χ0n) is 7.25. The zero-order chi connectivity index (χ0) is 8.39. The number of aryl methyl sites for hydroxylation is 1. The molecule has 0 heterocycles. The third-order valence-corrected chi connectivity index (χ3v) is 2.16. The van der Waals surface area contributed by atoms with Crippen LogP contribution in [0.25, 0.3) is 6.08 Å². The second-order valence-electron chi connectivity index (χ2n) is 3.19. The second-order valence-corrected chi connectivity index (χ2v) is 3.19. The van der Waals surface area contributed by atoms with Gasteiger partial charge in [-0.1, -0.05) is 48.1 Å². The summed E-state index contributed by atoms with van der Waals surface area (Å²) in [5, 5.41) is 0. The van der Waals surface area contributed by atoms with Crippen molar-refractivity contribution in [1.82, 2.24) is 0 Å². The molecule has 0 amide bonds. The summed E-state index contributed by atoms with van der Waals surface area (Å²) in [6, 6.07) is 6.62. The molecule has 0 unspecified atom stereocenters. The van der Waals surface area contributed by atoms with Crippen LogP contribution in [0.2, 0.25) is 0 Å². The molecule has 0 aliphatic heterocycles. The Balaban J connectivity index is 2.53. The fraction of sp³-hybridized carbons (Fsp3) is 0.167. The lowest BCUT2D eigenvalue weighted by molar-refractivity contribution is 1.25. The van der Waals surface area contributed by atoms with Crippen molar-refractivity contribution in [3.8, 4) is 0 Å². The molecule has 0 fully saturated rings. The van der Waals surface area contributed by atoms with Crippen molar-refractivity contribution < 1.29 is 0 Å². The lowest BCUT2D eigenvalue weighted by Crippen LogP contribution is -1.86. The monoisotopic (exact) mass is 156 g/mol. The van der Waals surface area contributed by atoms with Crippen molar-refractivity contribution >= 4 is 6.08 Å². The zero-order valence-corrected chi connectivity index (χ0v) is 7.25. The number of hydrogen-bond donors (Lipinski definition) is 0. The van der Waals surface area contributed by atoms with Gasteiger partial charge in [-0.05, 0) is 24.5 Å². The minimum atomic E-state index is 1.06. The molecule has 0 aromatic heterocycles. The van der Waals surface area contributed by atoms with E-state index in [1.807, 2.05) is 0 Å². The predicted octanol–water partition coefficient (Wildman–Crippen LogP) is 3.12. The van der Waals surface area contributed by atoms with E-state index in [2.05, 4.69) is 49.4 Å². The topological polar surface area (TPSA) is 0 Å². The van der Waals surface area contributed by atoms with Crippen LogP contribution in [-0.2, 0) is 6.42 Å². The molecule has 60 valence electrons. The van der Waals surface area contributed by atoms with Gasteiger partial charge in [0.05, 0.1) is 0 Å². The first-order valence-electron chi connectivity index (χ1n) is 4.29. The van der Waals surface area contributed by atoms with E-state index in [9.17, 15) is 0 Å². The van der Waals surface area contributed by atoms with Gasteiger partial charge < -0.3 is 0 Å². The normalized spacial score (nSPS) is 14.1. The number of allylic oxidation sites excluding steroid dienone is 3. The van der Waals surface area contributed by atoms with E-state index in [0.29, 0.717) is 0 Å². The van der Waals surface area contributed by atoms with E-state index in [0.717, 1.165) is 6.42 Å². The molecule has 1 aromatic carbocycles. The smallest absolute Gasteiger partial charge is 0.00884 e. The summed E-state index contributed by atoms with van der Waals surface area (Å²) in [6.07, 6.45) is 9.63. The minimum Gasteiger partial charge on any atom is -0.0801 e. The van der Waals surface area contributed by atoms with Crippen LogP contribution in [-0.4, -0.2) is 0 Å². The third kappa shape index (κ3) is 1.33. The maximum atomic E-state index is 2.23. The van der Waals surface area contributed by atoms with Crippen LogP contribution < -0.4 is 0 Å². The van der Waals surface area contributed by atoms with Gasteiger partial charge in [0.15, 0.2) is 0 Å². The molecule has 12 heavy (non-hydrogen) atoms. The van der Waals surface area contributed by atoms with Crippen molar-refractivity contribution in [1.29, 1.82) is 0 Å². The predicted molar refractivity (Wildman–Crippen MR) is 53.1 cm³/mol.